The number of hydrogen-bond acceptors (Lipinski definition) is 7. The van der Waals surface area contributed by atoms with Crippen LogP contribution in [0.25, 0.3) is 0 Å². The van der Waals surface area contributed by atoms with Crippen LogP contribution in [-0.2, 0) is 0 Å². The van der Waals surface area contributed by atoms with Gasteiger partial charge in [0.25, 0.3) is 0 Å². The molecule has 0 spiro atoms. The standard InChI is InChI=1S/C9H17N5O2/c1-9(2,15)4-11-7-6(16-3)8(14-10)13-5-12-7/h5,15H,4,10H2,1-3H3,(H2,11,12,13,14). The number of aliphatic hydroxyl groups is 1. The molecule has 0 fully saturated rings. The van der Waals surface area contributed by atoms with E-state index >= 15 is 0 Å². The predicted molar refractivity (Wildman–Crippen MR) is 61.2 cm³/mol. The van der Waals surface area contributed by atoms with Crippen LogP contribution in [0.4, 0.5) is 11.6 Å². The van der Waals surface area contributed by atoms with Gasteiger partial charge in [0.15, 0.2) is 11.6 Å². The van der Waals surface area contributed by atoms with Crippen LogP contribution in [0.2, 0.25) is 0 Å². The monoisotopic (exact) mass is 227 g/mol. The lowest BCUT2D eigenvalue weighted by Crippen LogP contribution is -2.29. The van der Waals surface area contributed by atoms with E-state index in [0.717, 1.165) is 0 Å². The van der Waals surface area contributed by atoms with Crippen LogP contribution in [0, 0.1) is 0 Å². The smallest absolute Gasteiger partial charge is 0.205 e. The Bertz CT molecular complexity index is 350. The summed E-state index contributed by atoms with van der Waals surface area (Å²) in [7, 11) is 1.49. The molecule has 7 heteroatoms. The van der Waals surface area contributed by atoms with Crippen molar-refractivity contribution in [1.82, 2.24) is 9.97 Å². The maximum absolute atomic E-state index is 9.58. The molecule has 90 valence electrons. The molecular weight excluding hydrogens is 210 g/mol. The minimum absolute atomic E-state index is 0.338. The number of nitrogen functional groups attached to an aromatic ring is 1. The number of anilines is 2. The maximum Gasteiger partial charge on any atom is 0.205 e. The number of ether oxygens (including phenoxy) is 1. The molecule has 0 saturated carbocycles. The third kappa shape index (κ3) is 3.21. The van der Waals surface area contributed by atoms with Crippen LogP contribution in [0.3, 0.4) is 0 Å². The molecule has 0 amide bonds. The lowest BCUT2D eigenvalue weighted by molar-refractivity contribution is 0.0943. The molecule has 16 heavy (non-hydrogen) atoms. The molecule has 1 rings (SSSR count). The number of nitrogens with two attached hydrogens (primary N) is 1. The second-order valence-electron chi connectivity index (χ2n) is 3.91. The summed E-state index contributed by atoms with van der Waals surface area (Å²) in [6, 6.07) is 0. The first-order chi connectivity index (χ1) is 7.48. The number of rotatable bonds is 5. The zero-order chi connectivity index (χ0) is 12.2. The van der Waals surface area contributed by atoms with Gasteiger partial charge >= 0.3 is 0 Å². The fraction of sp³-hybridized carbons (Fsp3) is 0.556. The second-order valence-corrected chi connectivity index (χ2v) is 3.91. The van der Waals surface area contributed by atoms with Gasteiger partial charge in [-0.25, -0.2) is 15.8 Å². The van der Waals surface area contributed by atoms with Crippen molar-refractivity contribution in [2.24, 2.45) is 5.84 Å². The van der Waals surface area contributed by atoms with Gasteiger partial charge in [-0.3, -0.25) is 0 Å². The van der Waals surface area contributed by atoms with E-state index in [2.05, 4.69) is 20.7 Å². The average molecular weight is 227 g/mol. The van der Waals surface area contributed by atoms with E-state index < -0.39 is 5.60 Å². The summed E-state index contributed by atoms with van der Waals surface area (Å²) in [4.78, 5) is 7.91. The number of methoxy groups -OCH3 is 1. The summed E-state index contributed by atoms with van der Waals surface area (Å²) in [5, 5.41) is 12.5. The molecule has 0 saturated heterocycles. The van der Waals surface area contributed by atoms with E-state index in [-0.39, 0.29) is 0 Å². The van der Waals surface area contributed by atoms with Crippen molar-refractivity contribution in [2.45, 2.75) is 19.4 Å². The van der Waals surface area contributed by atoms with Gasteiger partial charge in [-0.1, -0.05) is 0 Å². The molecule has 0 bridgehead atoms. The Morgan fingerprint density at radius 3 is 2.56 bits per heavy atom. The van der Waals surface area contributed by atoms with E-state index in [1.54, 1.807) is 13.8 Å². The van der Waals surface area contributed by atoms with Crippen molar-refractivity contribution in [1.29, 1.82) is 0 Å². The van der Waals surface area contributed by atoms with Gasteiger partial charge in [0.1, 0.15) is 6.33 Å². The van der Waals surface area contributed by atoms with Crippen molar-refractivity contribution in [2.75, 3.05) is 24.4 Å². The number of hydrazine groups is 1. The summed E-state index contributed by atoms with van der Waals surface area (Å²) in [5.41, 5.74) is 1.56. The van der Waals surface area contributed by atoms with E-state index in [9.17, 15) is 5.11 Å². The number of aromatic nitrogens is 2. The van der Waals surface area contributed by atoms with E-state index in [1.165, 1.54) is 13.4 Å². The van der Waals surface area contributed by atoms with Crippen molar-refractivity contribution >= 4 is 11.6 Å². The lowest BCUT2D eigenvalue weighted by atomic mass is 10.1. The van der Waals surface area contributed by atoms with Crippen LogP contribution in [0.5, 0.6) is 5.75 Å². The number of hydrogen-bond donors (Lipinski definition) is 4. The SMILES string of the molecule is COc1c(NN)ncnc1NCC(C)(C)O. The van der Waals surface area contributed by atoms with E-state index in [1.807, 2.05) is 0 Å². The van der Waals surface area contributed by atoms with Crippen LogP contribution >= 0.6 is 0 Å². The highest BCUT2D eigenvalue weighted by Crippen LogP contribution is 2.28. The zero-order valence-corrected chi connectivity index (χ0v) is 9.61. The summed E-state index contributed by atoms with van der Waals surface area (Å²) in [6.45, 7) is 3.72. The molecule has 0 atom stereocenters. The van der Waals surface area contributed by atoms with Gasteiger partial charge < -0.3 is 20.6 Å². The Balaban J connectivity index is 2.87. The summed E-state index contributed by atoms with van der Waals surface area (Å²) < 4.78 is 5.12. The van der Waals surface area contributed by atoms with Gasteiger partial charge in [-0.15, -0.1) is 0 Å². The van der Waals surface area contributed by atoms with Crippen molar-refractivity contribution in [3.05, 3.63) is 6.33 Å². The molecule has 1 heterocycles. The third-order valence-electron chi connectivity index (χ3n) is 1.83. The molecule has 0 aromatic carbocycles. The first kappa shape index (κ1) is 12.5. The molecule has 5 N–H and O–H groups in total. The first-order valence-electron chi connectivity index (χ1n) is 4.80. The van der Waals surface area contributed by atoms with E-state index in [4.69, 9.17) is 10.6 Å². The maximum atomic E-state index is 9.58. The summed E-state index contributed by atoms with van der Waals surface area (Å²) >= 11 is 0. The van der Waals surface area contributed by atoms with Crippen LogP contribution < -0.4 is 21.3 Å². The highest BCUT2D eigenvalue weighted by atomic mass is 16.5. The first-order valence-corrected chi connectivity index (χ1v) is 4.80. The fourth-order valence-electron chi connectivity index (χ4n) is 1.10. The Labute approximate surface area is 94.0 Å². The molecule has 0 aliphatic carbocycles. The quantitative estimate of drug-likeness (QED) is 0.413. The number of nitrogens with one attached hydrogen (secondary N) is 2. The Morgan fingerprint density at radius 1 is 1.44 bits per heavy atom. The second kappa shape index (κ2) is 4.95. The van der Waals surface area contributed by atoms with Crippen LogP contribution in [0.15, 0.2) is 6.33 Å². The molecular formula is C9H17N5O2. The molecule has 0 radical (unpaired) electrons. The Kier molecular flexibility index (Phi) is 3.86. The molecule has 0 aliphatic heterocycles. The summed E-state index contributed by atoms with van der Waals surface area (Å²) in [6.07, 6.45) is 1.35. The normalized spacial score (nSPS) is 11.1. The molecule has 7 nitrogen and oxygen atoms in total. The van der Waals surface area contributed by atoms with Gasteiger partial charge in [0.2, 0.25) is 5.75 Å². The van der Waals surface area contributed by atoms with Crippen molar-refractivity contribution in [3.63, 3.8) is 0 Å². The van der Waals surface area contributed by atoms with Gasteiger partial charge in [0, 0.05) is 6.54 Å². The molecule has 0 aliphatic rings. The van der Waals surface area contributed by atoms with Crippen molar-refractivity contribution < 1.29 is 9.84 Å². The number of nitrogens with zero attached hydrogens (tertiary/aromatic N) is 2. The summed E-state index contributed by atoms with van der Waals surface area (Å²) in [5.74, 6) is 6.56. The van der Waals surface area contributed by atoms with Crippen LogP contribution in [0.1, 0.15) is 13.8 Å². The van der Waals surface area contributed by atoms with Crippen LogP contribution in [-0.4, -0.2) is 34.3 Å². The average Bonchev–Trinajstić information content (AvgIpc) is 2.24. The predicted octanol–water partition coefficient (Wildman–Crippen LogP) is -0.0464. The lowest BCUT2D eigenvalue weighted by Gasteiger charge is -2.19. The van der Waals surface area contributed by atoms with Gasteiger partial charge in [-0.2, -0.15) is 0 Å². The van der Waals surface area contributed by atoms with Crippen molar-refractivity contribution in [3.8, 4) is 5.75 Å². The third-order valence-corrected chi connectivity index (χ3v) is 1.83. The molecule has 1 aromatic rings. The minimum Gasteiger partial charge on any atom is -0.490 e. The minimum atomic E-state index is -0.841. The van der Waals surface area contributed by atoms with E-state index in [0.29, 0.717) is 23.9 Å². The van der Waals surface area contributed by atoms with Gasteiger partial charge in [-0.05, 0) is 13.8 Å². The Hall–Kier alpha value is -1.60. The molecule has 0 unspecified atom stereocenters. The topological polar surface area (TPSA) is 105 Å². The highest BCUT2D eigenvalue weighted by Gasteiger charge is 2.16. The Morgan fingerprint density at radius 2 is 2.06 bits per heavy atom. The molecule has 1 aromatic heterocycles. The van der Waals surface area contributed by atoms with Gasteiger partial charge in [0.05, 0.1) is 12.7 Å². The largest absolute Gasteiger partial charge is 0.490 e. The fourth-order valence-corrected chi connectivity index (χ4v) is 1.10. The zero-order valence-electron chi connectivity index (χ0n) is 9.61. The highest BCUT2D eigenvalue weighted by molar-refractivity contribution is 5.63.